The first-order valence-corrected chi connectivity index (χ1v) is 12.3. The van der Waals surface area contributed by atoms with Crippen LogP contribution in [0.5, 0.6) is 5.75 Å². The van der Waals surface area contributed by atoms with Crippen molar-refractivity contribution in [1.29, 1.82) is 5.26 Å². The van der Waals surface area contributed by atoms with Crippen molar-refractivity contribution in [3.63, 3.8) is 0 Å². The molecule has 3 rings (SSSR count). The molecular weight excluding hydrogens is 446 g/mol. The molecule has 0 fully saturated rings. The second kappa shape index (κ2) is 12.2. The molecule has 1 aliphatic rings. The molecule has 0 saturated carbocycles. The highest BCUT2D eigenvalue weighted by Crippen LogP contribution is 2.19. The maximum absolute atomic E-state index is 13.4. The second-order valence-corrected chi connectivity index (χ2v) is 8.86. The highest BCUT2D eigenvalue weighted by Gasteiger charge is 2.22. The number of rotatable bonds is 4. The number of carbonyl (C=O) groups excluding carboxylic acids is 2. The smallest absolute Gasteiger partial charge is 0.409 e. The highest BCUT2D eigenvalue weighted by atomic mass is 16.6. The van der Waals surface area contributed by atoms with Gasteiger partial charge in [0.2, 0.25) is 0 Å². The van der Waals surface area contributed by atoms with Gasteiger partial charge < -0.3 is 23.8 Å². The molecule has 9 heteroatoms. The number of ether oxygens (including phenoxy) is 2. The van der Waals surface area contributed by atoms with Crippen molar-refractivity contribution in [2.45, 2.75) is 59.6 Å². The van der Waals surface area contributed by atoms with Gasteiger partial charge in [-0.25, -0.2) is 9.78 Å². The van der Waals surface area contributed by atoms with Gasteiger partial charge in [0.25, 0.3) is 5.91 Å². The van der Waals surface area contributed by atoms with Crippen LogP contribution in [0.2, 0.25) is 0 Å². The Labute approximate surface area is 207 Å². The number of fused-ring (bicyclic) bond motifs is 1. The molecular formula is C26H35N5O4. The number of carbonyl (C=O) groups is 2. The Kier molecular flexibility index (Phi) is 9.12. The number of pyridine rings is 1. The van der Waals surface area contributed by atoms with E-state index in [0.717, 1.165) is 18.5 Å². The predicted molar refractivity (Wildman–Crippen MR) is 131 cm³/mol. The fraction of sp³-hybridized carbons (Fsp3) is 0.538. The Morgan fingerprint density at radius 3 is 2.49 bits per heavy atom. The van der Waals surface area contributed by atoms with Crippen molar-refractivity contribution in [3.05, 3.63) is 47.0 Å². The molecule has 3 heterocycles. The van der Waals surface area contributed by atoms with Gasteiger partial charge in [-0.1, -0.05) is 0 Å². The molecule has 188 valence electrons. The molecule has 1 aliphatic heterocycles. The Balaban J connectivity index is 1.81. The minimum absolute atomic E-state index is 0.0231. The van der Waals surface area contributed by atoms with Crippen molar-refractivity contribution in [2.24, 2.45) is 0 Å². The molecule has 0 saturated heterocycles. The number of nitriles is 1. The van der Waals surface area contributed by atoms with Gasteiger partial charge in [-0.3, -0.25) is 4.79 Å². The largest absolute Gasteiger partial charge is 0.489 e. The lowest BCUT2D eigenvalue weighted by molar-refractivity contribution is 0.0732. The van der Waals surface area contributed by atoms with Crippen LogP contribution in [0.15, 0.2) is 24.3 Å². The summed E-state index contributed by atoms with van der Waals surface area (Å²) in [5, 5.41) is 9.52. The molecule has 0 unspecified atom stereocenters. The molecule has 2 amide bonds. The first kappa shape index (κ1) is 26.1. The normalized spacial score (nSPS) is 15.0. The molecule has 0 spiro atoms. The van der Waals surface area contributed by atoms with Gasteiger partial charge in [-0.2, -0.15) is 5.26 Å². The van der Waals surface area contributed by atoms with Gasteiger partial charge >= 0.3 is 6.09 Å². The first-order chi connectivity index (χ1) is 16.8. The molecule has 0 atom stereocenters. The Morgan fingerprint density at radius 2 is 1.80 bits per heavy atom. The summed E-state index contributed by atoms with van der Waals surface area (Å²) in [6, 6.07) is 9.49. The van der Waals surface area contributed by atoms with Crippen LogP contribution in [0, 0.1) is 18.3 Å². The molecule has 0 N–H and O–H groups in total. The summed E-state index contributed by atoms with van der Waals surface area (Å²) in [5.41, 5.74) is 2.64. The van der Waals surface area contributed by atoms with Crippen molar-refractivity contribution in [2.75, 3.05) is 32.8 Å². The van der Waals surface area contributed by atoms with Gasteiger partial charge in [-0.15, -0.1) is 0 Å². The lowest BCUT2D eigenvalue weighted by atomic mass is 10.2. The number of amides is 2. The van der Waals surface area contributed by atoms with Crippen LogP contribution in [0.4, 0.5) is 4.79 Å². The third-order valence-electron chi connectivity index (χ3n) is 5.93. The third kappa shape index (κ3) is 6.75. The van der Waals surface area contributed by atoms with Crippen molar-refractivity contribution in [3.8, 4) is 11.8 Å². The maximum atomic E-state index is 13.4. The number of nitrogens with zero attached hydrogens (tertiary/aromatic N) is 5. The topological polar surface area (TPSA) is 101 Å². The molecule has 0 aromatic carbocycles. The summed E-state index contributed by atoms with van der Waals surface area (Å²) in [4.78, 5) is 33.9. The molecule has 0 bridgehead atoms. The van der Waals surface area contributed by atoms with E-state index < -0.39 is 0 Å². The van der Waals surface area contributed by atoms with E-state index in [1.165, 1.54) is 0 Å². The minimum atomic E-state index is -0.382. The maximum Gasteiger partial charge on any atom is 0.409 e. The van der Waals surface area contributed by atoms with Gasteiger partial charge in [0.05, 0.1) is 18.4 Å². The molecule has 0 aliphatic carbocycles. The van der Waals surface area contributed by atoms with E-state index in [1.807, 2.05) is 31.4 Å². The van der Waals surface area contributed by atoms with E-state index in [0.29, 0.717) is 68.6 Å². The average molecular weight is 482 g/mol. The van der Waals surface area contributed by atoms with Crippen molar-refractivity contribution >= 4 is 12.0 Å². The van der Waals surface area contributed by atoms with E-state index >= 15 is 0 Å². The summed E-state index contributed by atoms with van der Waals surface area (Å²) in [5.74, 6) is 0.529. The van der Waals surface area contributed by atoms with Crippen molar-refractivity contribution < 1.29 is 19.1 Å². The summed E-state index contributed by atoms with van der Waals surface area (Å²) in [6.07, 6.45) is 1.73. The predicted octanol–water partition coefficient (Wildman–Crippen LogP) is 3.79. The molecule has 2 aromatic rings. The Morgan fingerprint density at radius 1 is 1.06 bits per heavy atom. The SMILES string of the molecule is CCOC(=O)N1CCCN(C(=O)c2ccc(OC(C)C)c(C)n2)CCCc2ccc(C#N)n2CC1. The third-order valence-corrected chi connectivity index (χ3v) is 5.93. The highest BCUT2D eigenvalue weighted by molar-refractivity contribution is 5.92. The second-order valence-electron chi connectivity index (χ2n) is 8.86. The van der Waals surface area contributed by atoms with Gasteiger partial charge in [0, 0.05) is 38.4 Å². The van der Waals surface area contributed by atoms with Crippen LogP contribution in [-0.4, -0.2) is 70.2 Å². The standard InChI is InChI=1S/C26H35N5O4/c1-5-34-26(33)30-15-7-14-29(13-6-8-21-9-10-22(18-27)31(21)17-16-30)25(32)23-11-12-24(20(4)28-23)35-19(2)3/h9-12,19H,5-8,13-17H2,1-4H3. The lowest BCUT2D eigenvalue weighted by Crippen LogP contribution is -2.39. The summed E-state index contributed by atoms with van der Waals surface area (Å²) >= 11 is 0. The number of aromatic nitrogens is 2. The van der Waals surface area contributed by atoms with Crippen LogP contribution in [-0.2, 0) is 17.7 Å². The molecule has 9 nitrogen and oxygen atoms in total. The van der Waals surface area contributed by atoms with Gasteiger partial charge in [0.15, 0.2) is 0 Å². The Bertz CT molecular complexity index is 1070. The van der Waals surface area contributed by atoms with Crippen LogP contribution in [0.3, 0.4) is 0 Å². The van der Waals surface area contributed by atoms with Crippen LogP contribution in [0.25, 0.3) is 0 Å². The number of hydrogen-bond acceptors (Lipinski definition) is 6. The summed E-state index contributed by atoms with van der Waals surface area (Å²) in [7, 11) is 0. The van der Waals surface area contributed by atoms with Crippen LogP contribution in [0.1, 0.15) is 61.2 Å². The monoisotopic (exact) mass is 481 g/mol. The fourth-order valence-electron chi connectivity index (χ4n) is 4.25. The summed E-state index contributed by atoms with van der Waals surface area (Å²) in [6.45, 7) is 10.3. The zero-order valence-electron chi connectivity index (χ0n) is 21.1. The van der Waals surface area contributed by atoms with E-state index in [2.05, 4.69) is 11.1 Å². The summed E-state index contributed by atoms with van der Waals surface area (Å²) < 4.78 is 12.9. The number of aryl methyl sites for hydroxylation is 2. The van der Waals surface area contributed by atoms with E-state index in [9.17, 15) is 14.9 Å². The van der Waals surface area contributed by atoms with Crippen molar-refractivity contribution in [1.82, 2.24) is 19.4 Å². The number of hydrogen-bond donors (Lipinski definition) is 0. The van der Waals surface area contributed by atoms with E-state index in [4.69, 9.17) is 9.47 Å². The first-order valence-electron chi connectivity index (χ1n) is 12.3. The Hall–Kier alpha value is -3.54. The fourth-order valence-corrected chi connectivity index (χ4v) is 4.25. The minimum Gasteiger partial charge on any atom is -0.489 e. The average Bonchev–Trinajstić information content (AvgIpc) is 3.21. The lowest BCUT2D eigenvalue weighted by Gasteiger charge is -2.27. The zero-order valence-corrected chi connectivity index (χ0v) is 21.1. The van der Waals surface area contributed by atoms with E-state index in [-0.39, 0.29) is 18.1 Å². The van der Waals surface area contributed by atoms with E-state index in [1.54, 1.807) is 34.9 Å². The quantitative estimate of drug-likeness (QED) is 0.659. The van der Waals surface area contributed by atoms with Crippen LogP contribution >= 0.6 is 0 Å². The molecule has 35 heavy (non-hydrogen) atoms. The molecule has 0 radical (unpaired) electrons. The van der Waals surface area contributed by atoms with Gasteiger partial charge in [-0.05, 0) is 71.2 Å². The van der Waals surface area contributed by atoms with Crippen LogP contribution < -0.4 is 4.74 Å². The zero-order chi connectivity index (χ0) is 25.4. The molecule has 2 aromatic heterocycles. The van der Waals surface area contributed by atoms with Gasteiger partial charge in [0.1, 0.15) is 23.2 Å².